The van der Waals surface area contributed by atoms with Crippen LogP contribution in [0.4, 0.5) is 10.1 Å². The fraction of sp³-hybridized carbons (Fsp3) is 0. The highest BCUT2D eigenvalue weighted by atomic mass is 35.5. The molecule has 0 aliphatic heterocycles. The van der Waals surface area contributed by atoms with Crippen LogP contribution in [-0.2, 0) is 0 Å². The van der Waals surface area contributed by atoms with Gasteiger partial charge in [-0.1, -0.05) is 11.6 Å². The van der Waals surface area contributed by atoms with Gasteiger partial charge >= 0.3 is 11.7 Å². The van der Waals surface area contributed by atoms with E-state index in [-0.39, 0.29) is 27.5 Å². The second kappa shape index (κ2) is 7.49. The van der Waals surface area contributed by atoms with Crippen molar-refractivity contribution in [1.29, 1.82) is 0 Å². The molecule has 142 valence electrons. The number of aromatic nitrogens is 2. The standard InChI is InChI=1S/C18H11ClFN3O5/c19-13-6-1-9(17(26)27)7-14(13)21-8-12-15(24)22-18(28)23(16(12)25)11-4-2-10(20)3-5-11/h1-8,25H,(H,26,27)(H,22,24,28). The van der Waals surface area contributed by atoms with Gasteiger partial charge in [-0.2, -0.15) is 0 Å². The zero-order chi connectivity index (χ0) is 20.4. The molecule has 3 aromatic rings. The van der Waals surface area contributed by atoms with Crippen molar-refractivity contribution in [2.45, 2.75) is 0 Å². The molecule has 0 saturated carbocycles. The third-order valence-electron chi connectivity index (χ3n) is 3.73. The number of aromatic hydroxyl groups is 1. The van der Waals surface area contributed by atoms with Crippen molar-refractivity contribution in [3.63, 3.8) is 0 Å². The second-order valence-electron chi connectivity index (χ2n) is 5.54. The van der Waals surface area contributed by atoms with E-state index < -0.39 is 28.9 Å². The summed E-state index contributed by atoms with van der Waals surface area (Å²) in [5, 5.41) is 19.5. The summed E-state index contributed by atoms with van der Waals surface area (Å²) in [5.74, 6) is -2.47. The Bertz CT molecular complexity index is 1220. The number of aliphatic imine (C=N–C) groups is 1. The van der Waals surface area contributed by atoms with Gasteiger partial charge in [-0.05, 0) is 42.5 Å². The van der Waals surface area contributed by atoms with Crippen molar-refractivity contribution in [3.05, 3.63) is 85.3 Å². The summed E-state index contributed by atoms with van der Waals surface area (Å²) in [4.78, 5) is 41.2. The molecule has 0 atom stereocenters. The van der Waals surface area contributed by atoms with E-state index in [4.69, 9.17) is 16.7 Å². The minimum Gasteiger partial charge on any atom is -0.493 e. The van der Waals surface area contributed by atoms with Crippen molar-refractivity contribution in [3.8, 4) is 11.6 Å². The lowest BCUT2D eigenvalue weighted by Gasteiger charge is -2.09. The largest absolute Gasteiger partial charge is 0.493 e. The molecule has 2 aromatic carbocycles. The van der Waals surface area contributed by atoms with Gasteiger partial charge < -0.3 is 10.2 Å². The maximum Gasteiger partial charge on any atom is 0.335 e. The molecule has 3 rings (SSSR count). The molecular weight excluding hydrogens is 393 g/mol. The van der Waals surface area contributed by atoms with Crippen LogP contribution in [-0.4, -0.2) is 31.9 Å². The van der Waals surface area contributed by atoms with Gasteiger partial charge in [0, 0.05) is 6.21 Å². The first-order valence-electron chi connectivity index (χ1n) is 7.69. The van der Waals surface area contributed by atoms with Gasteiger partial charge in [0.25, 0.3) is 5.56 Å². The van der Waals surface area contributed by atoms with Gasteiger partial charge in [-0.25, -0.2) is 18.5 Å². The zero-order valence-corrected chi connectivity index (χ0v) is 14.6. The van der Waals surface area contributed by atoms with Gasteiger partial charge in [0.1, 0.15) is 11.4 Å². The van der Waals surface area contributed by atoms with Crippen LogP contribution in [0.25, 0.3) is 5.69 Å². The van der Waals surface area contributed by atoms with Crippen molar-refractivity contribution < 1.29 is 19.4 Å². The van der Waals surface area contributed by atoms with Crippen LogP contribution in [0.3, 0.4) is 0 Å². The van der Waals surface area contributed by atoms with E-state index in [1.54, 1.807) is 0 Å². The number of carboxylic acid groups (broad SMARTS) is 1. The van der Waals surface area contributed by atoms with Gasteiger partial charge in [-0.15, -0.1) is 0 Å². The number of halogens is 2. The van der Waals surface area contributed by atoms with Crippen LogP contribution in [0.15, 0.2) is 57.0 Å². The van der Waals surface area contributed by atoms with E-state index in [0.29, 0.717) is 0 Å². The number of carboxylic acids is 1. The molecule has 0 amide bonds. The molecule has 0 bridgehead atoms. The molecule has 8 nitrogen and oxygen atoms in total. The van der Waals surface area contributed by atoms with Crippen LogP contribution in [0.1, 0.15) is 15.9 Å². The average molecular weight is 404 g/mol. The maximum absolute atomic E-state index is 13.1. The number of benzene rings is 2. The van der Waals surface area contributed by atoms with Crippen molar-refractivity contribution in [2.24, 2.45) is 4.99 Å². The molecule has 28 heavy (non-hydrogen) atoms. The monoisotopic (exact) mass is 403 g/mol. The van der Waals surface area contributed by atoms with Crippen LogP contribution in [0.2, 0.25) is 5.02 Å². The molecule has 10 heteroatoms. The van der Waals surface area contributed by atoms with E-state index in [1.165, 1.54) is 30.3 Å². The summed E-state index contributed by atoms with van der Waals surface area (Å²) in [5.41, 5.74) is -2.15. The Balaban J connectivity index is 2.12. The van der Waals surface area contributed by atoms with Crippen LogP contribution in [0, 0.1) is 5.82 Å². The molecule has 0 aliphatic carbocycles. The molecule has 0 aliphatic rings. The SMILES string of the molecule is O=C(O)c1ccc(Cl)c(N=Cc2c(O)n(-c3ccc(F)cc3)c(=O)[nH]c2=O)c1. The Kier molecular flexibility index (Phi) is 5.10. The summed E-state index contributed by atoms with van der Waals surface area (Å²) in [7, 11) is 0. The summed E-state index contributed by atoms with van der Waals surface area (Å²) in [6, 6.07) is 8.42. The number of aromatic amines is 1. The molecule has 1 heterocycles. The number of rotatable bonds is 4. The lowest BCUT2D eigenvalue weighted by molar-refractivity contribution is 0.0697. The first kappa shape index (κ1) is 19.1. The number of hydrogen-bond donors (Lipinski definition) is 3. The van der Waals surface area contributed by atoms with E-state index >= 15 is 0 Å². The molecular formula is C18H11ClFN3O5. The third kappa shape index (κ3) is 3.69. The van der Waals surface area contributed by atoms with Crippen LogP contribution < -0.4 is 11.2 Å². The lowest BCUT2D eigenvalue weighted by Crippen LogP contribution is -2.31. The van der Waals surface area contributed by atoms with Gasteiger partial charge in [0.15, 0.2) is 0 Å². The minimum absolute atomic E-state index is 0.0416. The summed E-state index contributed by atoms with van der Waals surface area (Å²) < 4.78 is 13.9. The average Bonchev–Trinajstić information content (AvgIpc) is 2.64. The number of carbonyl (C=O) groups is 1. The number of H-pyrrole nitrogens is 1. The minimum atomic E-state index is -1.20. The highest BCUT2D eigenvalue weighted by Crippen LogP contribution is 2.26. The smallest absolute Gasteiger partial charge is 0.335 e. The Morgan fingerprint density at radius 1 is 1.18 bits per heavy atom. The molecule has 3 N–H and O–H groups in total. The van der Waals surface area contributed by atoms with E-state index in [2.05, 4.69) is 4.99 Å². The predicted molar refractivity (Wildman–Crippen MR) is 99.9 cm³/mol. The topological polar surface area (TPSA) is 125 Å². The first-order valence-corrected chi connectivity index (χ1v) is 8.07. The molecule has 1 aromatic heterocycles. The summed E-state index contributed by atoms with van der Waals surface area (Å²) in [6.07, 6.45) is 0.945. The maximum atomic E-state index is 13.1. The number of nitrogens with zero attached hydrogens (tertiary/aromatic N) is 2. The van der Waals surface area contributed by atoms with Gasteiger partial charge in [0.2, 0.25) is 5.88 Å². The van der Waals surface area contributed by atoms with Crippen LogP contribution in [0.5, 0.6) is 5.88 Å². The predicted octanol–water partition coefficient (Wildman–Crippen LogP) is 2.47. The third-order valence-corrected chi connectivity index (χ3v) is 4.05. The quantitative estimate of drug-likeness (QED) is 0.577. The Labute approximate surface area is 160 Å². The normalized spacial score (nSPS) is 11.1. The highest BCUT2D eigenvalue weighted by Gasteiger charge is 2.15. The molecule has 0 fully saturated rings. The van der Waals surface area contributed by atoms with Gasteiger partial charge in [-0.3, -0.25) is 14.8 Å². The van der Waals surface area contributed by atoms with Crippen molar-refractivity contribution in [2.75, 3.05) is 0 Å². The van der Waals surface area contributed by atoms with E-state index in [9.17, 15) is 23.9 Å². The number of hydrogen-bond acceptors (Lipinski definition) is 5. The zero-order valence-electron chi connectivity index (χ0n) is 13.9. The van der Waals surface area contributed by atoms with Gasteiger partial charge in [0.05, 0.1) is 22.0 Å². The lowest BCUT2D eigenvalue weighted by atomic mass is 10.2. The Morgan fingerprint density at radius 3 is 2.50 bits per heavy atom. The second-order valence-corrected chi connectivity index (χ2v) is 5.95. The first-order chi connectivity index (χ1) is 13.3. The Hall–Kier alpha value is -3.72. The van der Waals surface area contributed by atoms with E-state index in [0.717, 1.165) is 22.9 Å². The van der Waals surface area contributed by atoms with Crippen LogP contribution >= 0.6 is 11.6 Å². The summed E-state index contributed by atoms with van der Waals surface area (Å²) in [6.45, 7) is 0. The van der Waals surface area contributed by atoms with E-state index in [1.807, 2.05) is 4.98 Å². The fourth-order valence-electron chi connectivity index (χ4n) is 2.36. The molecule has 0 spiro atoms. The molecule has 0 unspecified atom stereocenters. The Morgan fingerprint density at radius 2 is 1.86 bits per heavy atom. The van der Waals surface area contributed by atoms with Crippen molar-refractivity contribution >= 4 is 29.5 Å². The molecule has 0 saturated heterocycles. The number of nitrogens with one attached hydrogen (secondary N) is 1. The molecule has 0 radical (unpaired) electrons. The number of aromatic carboxylic acids is 1. The van der Waals surface area contributed by atoms with Crippen molar-refractivity contribution in [1.82, 2.24) is 9.55 Å². The fourth-order valence-corrected chi connectivity index (χ4v) is 2.53. The summed E-state index contributed by atoms with van der Waals surface area (Å²) >= 11 is 5.97. The highest BCUT2D eigenvalue weighted by molar-refractivity contribution is 6.33.